The summed E-state index contributed by atoms with van der Waals surface area (Å²) in [5, 5.41) is 9.82. The zero-order valence-electron chi connectivity index (χ0n) is 12.8. The summed E-state index contributed by atoms with van der Waals surface area (Å²) in [6, 6.07) is 9.67. The SMILES string of the molecule is CC(C(=O)O)(c1ccccc1)N1CC2(CCCCCC2)C1. The fourth-order valence-corrected chi connectivity index (χ4v) is 4.08. The molecule has 1 aromatic rings. The molecular weight excluding hydrogens is 262 g/mol. The van der Waals surface area contributed by atoms with Crippen LogP contribution in [0.3, 0.4) is 0 Å². The van der Waals surface area contributed by atoms with Gasteiger partial charge in [-0.3, -0.25) is 4.90 Å². The van der Waals surface area contributed by atoms with Crippen molar-refractivity contribution in [2.75, 3.05) is 13.1 Å². The van der Waals surface area contributed by atoms with Crippen molar-refractivity contribution in [3.05, 3.63) is 35.9 Å². The van der Waals surface area contributed by atoms with Gasteiger partial charge in [-0.05, 0) is 30.7 Å². The number of likely N-dealkylation sites (tertiary alicyclic amines) is 1. The van der Waals surface area contributed by atoms with Crippen LogP contribution in [0.25, 0.3) is 0 Å². The summed E-state index contributed by atoms with van der Waals surface area (Å²) in [5.74, 6) is -0.739. The number of carbonyl (C=O) groups is 1. The Balaban J connectivity index is 1.80. The van der Waals surface area contributed by atoms with Gasteiger partial charge in [0.1, 0.15) is 5.54 Å². The van der Waals surface area contributed by atoms with E-state index in [-0.39, 0.29) is 0 Å². The number of hydrogen-bond donors (Lipinski definition) is 1. The molecule has 1 N–H and O–H groups in total. The summed E-state index contributed by atoms with van der Waals surface area (Å²) in [5.41, 5.74) is 0.391. The predicted molar refractivity (Wildman–Crippen MR) is 83.1 cm³/mol. The number of aliphatic carboxylic acids is 1. The summed E-state index contributed by atoms with van der Waals surface area (Å²) in [4.78, 5) is 14.1. The number of rotatable bonds is 3. The second-order valence-electron chi connectivity index (χ2n) is 7.01. The molecule has 1 atom stereocenters. The van der Waals surface area contributed by atoms with E-state index in [1.807, 2.05) is 37.3 Å². The minimum Gasteiger partial charge on any atom is -0.480 e. The molecule has 3 rings (SSSR count). The first-order valence-electron chi connectivity index (χ1n) is 8.11. The minimum atomic E-state index is -0.890. The molecule has 0 radical (unpaired) electrons. The van der Waals surface area contributed by atoms with Crippen molar-refractivity contribution in [1.82, 2.24) is 4.90 Å². The number of nitrogens with zero attached hydrogens (tertiary/aromatic N) is 1. The summed E-state index contributed by atoms with van der Waals surface area (Å²) in [7, 11) is 0. The third-order valence-electron chi connectivity index (χ3n) is 5.60. The van der Waals surface area contributed by atoms with Crippen molar-refractivity contribution in [3.63, 3.8) is 0 Å². The van der Waals surface area contributed by atoms with Gasteiger partial charge in [0.2, 0.25) is 0 Å². The fourth-order valence-electron chi connectivity index (χ4n) is 4.08. The normalized spacial score (nSPS) is 24.8. The fraction of sp³-hybridized carbons (Fsp3) is 0.611. The van der Waals surface area contributed by atoms with E-state index >= 15 is 0 Å². The molecule has 1 aromatic carbocycles. The van der Waals surface area contributed by atoms with Crippen LogP contribution in [-0.2, 0) is 10.3 Å². The highest BCUT2D eigenvalue weighted by molar-refractivity contribution is 5.80. The predicted octanol–water partition coefficient (Wildman–Crippen LogP) is 3.64. The molecular formula is C18H25NO2. The molecule has 1 aliphatic carbocycles. The van der Waals surface area contributed by atoms with E-state index in [1.54, 1.807) is 0 Å². The number of benzene rings is 1. The average molecular weight is 287 g/mol. The van der Waals surface area contributed by atoms with Crippen molar-refractivity contribution in [3.8, 4) is 0 Å². The Bertz CT molecular complexity index is 497. The van der Waals surface area contributed by atoms with Gasteiger partial charge in [-0.2, -0.15) is 0 Å². The molecule has 1 saturated carbocycles. The van der Waals surface area contributed by atoms with Crippen molar-refractivity contribution in [1.29, 1.82) is 0 Å². The van der Waals surface area contributed by atoms with E-state index in [0.29, 0.717) is 5.41 Å². The van der Waals surface area contributed by atoms with Gasteiger partial charge in [0.05, 0.1) is 0 Å². The maximum atomic E-state index is 12.0. The largest absolute Gasteiger partial charge is 0.480 e. The molecule has 114 valence electrons. The van der Waals surface area contributed by atoms with Gasteiger partial charge in [-0.1, -0.05) is 56.0 Å². The summed E-state index contributed by atoms with van der Waals surface area (Å²) < 4.78 is 0. The smallest absolute Gasteiger partial charge is 0.328 e. The van der Waals surface area contributed by atoms with Gasteiger partial charge in [-0.25, -0.2) is 4.79 Å². The van der Waals surface area contributed by atoms with Crippen LogP contribution in [0, 0.1) is 5.41 Å². The van der Waals surface area contributed by atoms with Gasteiger partial charge in [0, 0.05) is 13.1 Å². The summed E-state index contributed by atoms with van der Waals surface area (Å²) in [6.07, 6.45) is 7.85. The standard InChI is InChI=1S/C18H25NO2/c1-17(16(20)21,15-9-5-4-6-10-15)19-13-18(14-19)11-7-2-3-8-12-18/h4-6,9-10H,2-3,7-8,11-14H2,1H3,(H,20,21). The minimum absolute atomic E-state index is 0.391. The number of carboxylic acid groups (broad SMARTS) is 1. The van der Waals surface area contributed by atoms with Crippen LogP contribution >= 0.6 is 0 Å². The van der Waals surface area contributed by atoms with Gasteiger partial charge in [0.25, 0.3) is 0 Å². The molecule has 1 unspecified atom stereocenters. The van der Waals surface area contributed by atoms with Crippen LogP contribution in [0.1, 0.15) is 51.0 Å². The lowest BCUT2D eigenvalue weighted by atomic mass is 9.70. The van der Waals surface area contributed by atoms with Gasteiger partial charge in [0.15, 0.2) is 0 Å². The van der Waals surface area contributed by atoms with Crippen molar-refractivity contribution in [2.45, 2.75) is 51.0 Å². The molecule has 1 spiro atoms. The number of carboxylic acids is 1. The number of hydrogen-bond acceptors (Lipinski definition) is 2. The second-order valence-corrected chi connectivity index (χ2v) is 7.01. The van der Waals surface area contributed by atoms with Crippen LogP contribution < -0.4 is 0 Å². The van der Waals surface area contributed by atoms with Crippen LogP contribution in [0.2, 0.25) is 0 Å². The monoisotopic (exact) mass is 287 g/mol. The molecule has 3 heteroatoms. The Morgan fingerprint density at radius 2 is 1.67 bits per heavy atom. The van der Waals surface area contributed by atoms with Crippen molar-refractivity contribution < 1.29 is 9.90 Å². The highest BCUT2D eigenvalue weighted by atomic mass is 16.4. The Labute approximate surface area is 127 Å². The topological polar surface area (TPSA) is 40.5 Å². The lowest BCUT2D eigenvalue weighted by Crippen LogP contribution is -2.65. The quantitative estimate of drug-likeness (QED) is 0.922. The highest BCUT2D eigenvalue weighted by Gasteiger charge is 2.53. The van der Waals surface area contributed by atoms with E-state index in [2.05, 4.69) is 4.90 Å². The molecule has 21 heavy (non-hydrogen) atoms. The molecule has 0 amide bonds. The van der Waals surface area contributed by atoms with Gasteiger partial charge < -0.3 is 5.11 Å². The van der Waals surface area contributed by atoms with Gasteiger partial charge >= 0.3 is 5.97 Å². The Hall–Kier alpha value is -1.35. The van der Waals surface area contributed by atoms with Crippen LogP contribution in [0.4, 0.5) is 0 Å². The Morgan fingerprint density at radius 3 is 2.19 bits per heavy atom. The van der Waals surface area contributed by atoms with Crippen molar-refractivity contribution in [2.24, 2.45) is 5.41 Å². The molecule has 0 bridgehead atoms. The maximum Gasteiger partial charge on any atom is 0.328 e. The molecule has 2 fully saturated rings. The third-order valence-corrected chi connectivity index (χ3v) is 5.60. The van der Waals surface area contributed by atoms with E-state index in [0.717, 1.165) is 18.7 Å². The molecule has 1 aliphatic heterocycles. The summed E-state index contributed by atoms with van der Waals surface area (Å²) in [6.45, 7) is 3.73. The van der Waals surface area contributed by atoms with Crippen LogP contribution in [0.5, 0.6) is 0 Å². The molecule has 1 heterocycles. The van der Waals surface area contributed by atoms with E-state index in [4.69, 9.17) is 0 Å². The summed E-state index contributed by atoms with van der Waals surface area (Å²) >= 11 is 0. The first kappa shape index (κ1) is 14.6. The zero-order chi connectivity index (χ0) is 14.9. The lowest BCUT2D eigenvalue weighted by Gasteiger charge is -2.56. The lowest BCUT2D eigenvalue weighted by molar-refractivity contribution is -0.164. The molecule has 2 aliphatic rings. The van der Waals surface area contributed by atoms with E-state index in [1.165, 1.54) is 38.5 Å². The van der Waals surface area contributed by atoms with Crippen LogP contribution in [0.15, 0.2) is 30.3 Å². The Kier molecular flexibility index (Phi) is 3.78. The average Bonchev–Trinajstić information content (AvgIpc) is 2.71. The first-order valence-corrected chi connectivity index (χ1v) is 8.11. The van der Waals surface area contributed by atoms with Crippen LogP contribution in [-0.4, -0.2) is 29.1 Å². The molecule has 1 saturated heterocycles. The first-order chi connectivity index (χ1) is 10.1. The Morgan fingerprint density at radius 1 is 1.10 bits per heavy atom. The van der Waals surface area contributed by atoms with Crippen molar-refractivity contribution >= 4 is 5.97 Å². The van der Waals surface area contributed by atoms with E-state index in [9.17, 15) is 9.90 Å². The molecule has 0 aromatic heterocycles. The van der Waals surface area contributed by atoms with Gasteiger partial charge in [-0.15, -0.1) is 0 Å². The highest BCUT2D eigenvalue weighted by Crippen LogP contribution is 2.47. The maximum absolute atomic E-state index is 12.0. The third kappa shape index (κ3) is 2.48. The second kappa shape index (κ2) is 5.45. The van der Waals surface area contributed by atoms with E-state index < -0.39 is 11.5 Å². The molecule has 3 nitrogen and oxygen atoms in total. The zero-order valence-corrected chi connectivity index (χ0v) is 12.8.